The number of carbonyl (C=O) groups excluding carboxylic acids is 1. The summed E-state index contributed by atoms with van der Waals surface area (Å²) < 4.78 is 19.0. The van der Waals surface area contributed by atoms with Gasteiger partial charge in [-0.05, 0) is 59.0 Å². The second-order valence-electron chi connectivity index (χ2n) is 8.98. The van der Waals surface area contributed by atoms with Crippen LogP contribution in [-0.2, 0) is 0 Å². The van der Waals surface area contributed by atoms with Crippen molar-refractivity contribution in [2.45, 2.75) is 19.3 Å². The lowest BCUT2D eigenvalue weighted by Crippen LogP contribution is -2.06. The Morgan fingerprint density at radius 1 is 0.892 bits per heavy atom. The molecule has 0 aliphatic heterocycles. The smallest absolute Gasteiger partial charge is 0.167 e. The van der Waals surface area contributed by atoms with Crippen molar-refractivity contribution in [3.05, 3.63) is 126 Å². The summed E-state index contributed by atoms with van der Waals surface area (Å²) in [6.45, 7) is 1.95. The highest BCUT2D eigenvalue weighted by Crippen LogP contribution is 2.33. The van der Waals surface area contributed by atoms with Crippen molar-refractivity contribution in [1.29, 1.82) is 5.26 Å². The van der Waals surface area contributed by atoms with E-state index in [1.165, 1.54) is 12.1 Å². The summed E-state index contributed by atoms with van der Waals surface area (Å²) in [5, 5.41) is 13.9. The largest absolute Gasteiger partial charge is 0.356 e. The monoisotopic (exact) mass is 486 g/mol. The SMILES string of the molecule is CC(CC(=O)c1cc(-c2cc(-c3ccccc3)on2)cc(-c2ccccc2C#N)c1)c1ccc(F)cc1. The van der Waals surface area contributed by atoms with Crippen molar-refractivity contribution >= 4 is 5.78 Å². The minimum atomic E-state index is -0.307. The van der Waals surface area contributed by atoms with Crippen LogP contribution in [0.3, 0.4) is 0 Å². The lowest BCUT2D eigenvalue weighted by molar-refractivity contribution is 0.0975. The predicted octanol–water partition coefficient (Wildman–Crippen LogP) is 8.06. The maximum absolute atomic E-state index is 13.5. The van der Waals surface area contributed by atoms with Crippen LogP contribution in [0.4, 0.5) is 4.39 Å². The lowest BCUT2D eigenvalue weighted by Gasteiger charge is -2.13. The molecule has 0 radical (unpaired) electrons. The molecule has 1 aromatic heterocycles. The van der Waals surface area contributed by atoms with E-state index >= 15 is 0 Å². The molecule has 0 fully saturated rings. The number of nitriles is 1. The number of halogens is 1. The number of rotatable bonds is 7. The molecule has 5 rings (SSSR count). The molecular formula is C32H23FN2O2. The maximum atomic E-state index is 13.5. The zero-order chi connectivity index (χ0) is 25.8. The van der Waals surface area contributed by atoms with E-state index in [4.69, 9.17) is 4.52 Å². The van der Waals surface area contributed by atoms with Gasteiger partial charge in [-0.2, -0.15) is 5.26 Å². The van der Waals surface area contributed by atoms with Crippen LogP contribution < -0.4 is 0 Å². The van der Waals surface area contributed by atoms with Gasteiger partial charge in [-0.1, -0.05) is 72.7 Å². The van der Waals surface area contributed by atoms with Gasteiger partial charge in [-0.25, -0.2) is 4.39 Å². The second-order valence-corrected chi connectivity index (χ2v) is 8.98. The predicted molar refractivity (Wildman–Crippen MR) is 141 cm³/mol. The lowest BCUT2D eigenvalue weighted by atomic mass is 9.90. The van der Waals surface area contributed by atoms with Crippen molar-refractivity contribution in [2.24, 2.45) is 0 Å². The first kappa shape index (κ1) is 23.9. The van der Waals surface area contributed by atoms with Crippen LogP contribution in [0.25, 0.3) is 33.7 Å². The van der Waals surface area contributed by atoms with Crippen molar-refractivity contribution in [3.8, 4) is 39.8 Å². The zero-order valence-corrected chi connectivity index (χ0v) is 20.2. The van der Waals surface area contributed by atoms with Crippen LogP contribution >= 0.6 is 0 Å². The van der Waals surface area contributed by atoms with Gasteiger partial charge in [0.1, 0.15) is 11.5 Å². The standard InChI is InChI=1S/C32H23FN2O2/c1-21(22-11-13-28(33)14-12-22)15-31(36)27-17-25(29-10-6-5-9-24(29)20-34)16-26(18-27)30-19-32(37-35-30)23-7-3-2-4-8-23/h2-14,16-19,21H,15H2,1H3. The third-order valence-corrected chi connectivity index (χ3v) is 6.41. The molecule has 5 heteroatoms. The third kappa shape index (κ3) is 5.24. The van der Waals surface area contributed by atoms with Gasteiger partial charge in [0.05, 0.1) is 11.6 Å². The van der Waals surface area contributed by atoms with E-state index in [9.17, 15) is 14.4 Å². The Labute approximate surface area is 214 Å². The van der Waals surface area contributed by atoms with Crippen LogP contribution in [0, 0.1) is 17.1 Å². The number of hydrogen-bond acceptors (Lipinski definition) is 4. The molecule has 180 valence electrons. The average Bonchev–Trinajstić information content (AvgIpc) is 3.44. The molecule has 5 aromatic rings. The summed E-state index contributed by atoms with van der Waals surface area (Å²) in [5.41, 5.74) is 5.61. The van der Waals surface area contributed by atoms with E-state index < -0.39 is 0 Å². The van der Waals surface area contributed by atoms with Crippen LogP contribution in [-0.4, -0.2) is 10.9 Å². The first-order valence-corrected chi connectivity index (χ1v) is 12.0. The fourth-order valence-corrected chi connectivity index (χ4v) is 4.38. The Kier molecular flexibility index (Phi) is 6.74. The van der Waals surface area contributed by atoms with Crippen LogP contribution in [0.2, 0.25) is 0 Å². The number of ketones is 1. The minimum absolute atomic E-state index is 0.0545. The van der Waals surface area contributed by atoms with Crippen molar-refractivity contribution in [1.82, 2.24) is 5.16 Å². The van der Waals surface area contributed by atoms with Crippen LogP contribution in [0.15, 0.2) is 108 Å². The van der Waals surface area contributed by atoms with E-state index in [0.29, 0.717) is 28.1 Å². The zero-order valence-electron chi connectivity index (χ0n) is 20.2. The normalized spacial score (nSPS) is 11.6. The molecule has 4 aromatic carbocycles. The fraction of sp³-hybridized carbons (Fsp3) is 0.0938. The summed E-state index contributed by atoms with van der Waals surface area (Å²) >= 11 is 0. The van der Waals surface area contributed by atoms with Crippen molar-refractivity contribution < 1.29 is 13.7 Å². The van der Waals surface area contributed by atoms with Gasteiger partial charge in [0.15, 0.2) is 11.5 Å². The summed E-state index contributed by atoms with van der Waals surface area (Å²) in [4.78, 5) is 13.5. The van der Waals surface area contributed by atoms with E-state index in [-0.39, 0.29) is 23.9 Å². The molecule has 0 amide bonds. The number of nitrogens with zero attached hydrogens (tertiary/aromatic N) is 2. The number of Topliss-reactive ketones (excluding diaryl/α,β-unsaturated/α-hetero) is 1. The average molecular weight is 487 g/mol. The third-order valence-electron chi connectivity index (χ3n) is 6.41. The summed E-state index contributed by atoms with van der Waals surface area (Å²) in [5.74, 6) is 0.166. The van der Waals surface area contributed by atoms with E-state index in [1.807, 2.05) is 79.7 Å². The molecule has 1 atom stereocenters. The number of hydrogen-bond donors (Lipinski definition) is 0. The summed E-state index contributed by atoms with van der Waals surface area (Å²) in [6, 6.07) is 32.8. The molecule has 0 spiro atoms. The van der Waals surface area contributed by atoms with Crippen molar-refractivity contribution in [2.75, 3.05) is 0 Å². The maximum Gasteiger partial charge on any atom is 0.167 e. The van der Waals surface area contributed by atoms with E-state index in [2.05, 4.69) is 11.2 Å². The molecule has 4 nitrogen and oxygen atoms in total. The van der Waals surface area contributed by atoms with Gasteiger partial charge in [0.2, 0.25) is 0 Å². The van der Waals surface area contributed by atoms with Gasteiger partial charge in [-0.15, -0.1) is 0 Å². The molecule has 0 saturated carbocycles. The molecule has 1 unspecified atom stereocenters. The fourth-order valence-electron chi connectivity index (χ4n) is 4.38. The van der Waals surface area contributed by atoms with Gasteiger partial charge in [0, 0.05) is 29.2 Å². The molecule has 0 bridgehead atoms. The molecule has 37 heavy (non-hydrogen) atoms. The number of carbonyl (C=O) groups is 1. The molecular weight excluding hydrogens is 463 g/mol. The first-order valence-electron chi connectivity index (χ1n) is 12.0. The molecule has 1 heterocycles. The summed E-state index contributed by atoms with van der Waals surface area (Å²) in [7, 11) is 0. The van der Waals surface area contributed by atoms with Gasteiger partial charge >= 0.3 is 0 Å². The minimum Gasteiger partial charge on any atom is -0.356 e. The molecule has 0 saturated heterocycles. The van der Waals surface area contributed by atoms with Crippen molar-refractivity contribution in [3.63, 3.8) is 0 Å². The number of benzene rings is 4. The summed E-state index contributed by atoms with van der Waals surface area (Å²) in [6.07, 6.45) is 0.252. The van der Waals surface area contributed by atoms with Gasteiger partial charge in [0.25, 0.3) is 0 Å². The van der Waals surface area contributed by atoms with Crippen LogP contribution in [0.5, 0.6) is 0 Å². The first-order chi connectivity index (χ1) is 18.0. The highest BCUT2D eigenvalue weighted by atomic mass is 19.1. The topological polar surface area (TPSA) is 66.9 Å². The highest BCUT2D eigenvalue weighted by molar-refractivity contribution is 5.99. The Balaban J connectivity index is 1.55. The second kappa shape index (κ2) is 10.4. The molecule has 0 aliphatic carbocycles. The Hall–Kier alpha value is -4.82. The van der Waals surface area contributed by atoms with Gasteiger partial charge < -0.3 is 4.52 Å². The Morgan fingerprint density at radius 2 is 1.59 bits per heavy atom. The highest BCUT2D eigenvalue weighted by Gasteiger charge is 2.18. The van der Waals surface area contributed by atoms with Gasteiger partial charge in [-0.3, -0.25) is 4.79 Å². The Morgan fingerprint density at radius 3 is 2.35 bits per heavy atom. The number of aromatic nitrogens is 1. The van der Waals surface area contributed by atoms with E-state index in [0.717, 1.165) is 22.3 Å². The van der Waals surface area contributed by atoms with Crippen LogP contribution in [0.1, 0.15) is 40.7 Å². The quantitative estimate of drug-likeness (QED) is 0.218. The van der Waals surface area contributed by atoms with E-state index in [1.54, 1.807) is 18.2 Å². The Bertz CT molecular complexity index is 1600. The molecule has 0 aliphatic rings. The molecule has 0 N–H and O–H groups in total.